The highest BCUT2D eigenvalue weighted by Gasteiger charge is 2.54. The molecular weight excluding hydrogens is 182 g/mol. The van der Waals surface area contributed by atoms with Crippen LogP contribution in [0.1, 0.15) is 13.8 Å². The fraction of sp³-hybridized carbons (Fsp3) is 1.00. The van der Waals surface area contributed by atoms with E-state index in [0.717, 1.165) is 0 Å². The van der Waals surface area contributed by atoms with Gasteiger partial charge in [0, 0.05) is 0 Å². The number of hydrogen-bond acceptors (Lipinski definition) is 3. The SMILES string of the molecule is CC(C)(C(O)(F)F)S(=O)(=O)O. The number of rotatable bonds is 2. The van der Waals surface area contributed by atoms with Crippen LogP contribution in [0.5, 0.6) is 0 Å². The first kappa shape index (κ1) is 10.7. The number of alkyl halides is 2. The Balaban J connectivity index is 5.08. The third-order valence-corrected chi connectivity index (χ3v) is 2.90. The van der Waals surface area contributed by atoms with Crippen molar-refractivity contribution in [3.63, 3.8) is 0 Å². The lowest BCUT2D eigenvalue weighted by atomic mass is 10.2. The van der Waals surface area contributed by atoms with Gasteiger partial charge in [0.25, 0.3) is 10.1 Å². The van der Waals surface area contributed by atoms with Gasteiger partial charge in [0.15, 0.2) is 4.75 Å². The highest BCUT2D eigenvalue weighted by atomic mass is 32.2. The Morgan fingerprint density at radius 2 is 1.55 bits per heavy atom. The van der Waals surface area contributed by atoms with Crippen LogP contribution in [0.25, 0.3) is 0 Å². The molecule has 0 unspecified atom stereocenters. The van der Waals surface area contributed by atoms with E-state index in [0.29, 0.717) is 13.8 Å². The summed E-state index contributed by atoms with van der Waals surface area (Å²) in [7, 11) is -4.96. The lowest BCUT2D eigenvalue weighted by molar-refractivity contribution is -0.219. The molecule has 0 aliphatic heterocycles. The van der Waals surface area contributed by atoms with Crippen molar-refractivity contribution < 1.29 is 26.9 Å². The quantitative estimate of drug-likeness (QED) is 0.611. The predicted octanol–water partition coefficient (Wildman–Crippen LogP) is 0.238. The molecule has 0 rings (SSSR count). The molecule has 0 fully saturated rings. The molecule has 68 valence electrons. The van der Waals surface area contributed by atoms with Gasteiger partial charge in [-0.1, -0.05) is 0 Å². The molecule has 0 aliphatic carbocycles. The van der Waals surface area contributed by atoms with Gasteiger partial charge >= 0.3 is 6.11 Å². The largest absolute Gasteiger partial charge is 0.374 e. The summed E-state index contributed by atoms with van der Waals surface area (Å²) < 4.78 is 49.8. The van der Waals surface area contributed by atoms with Gasteiger partial charge in [0.1, 0.15) is 0 Å². The van der Waals surface area contributed by atoms with Crippen molar-refractivity contribution in [1.29, 1.82) is 0 Å². The second kappa shape index (κ2) is 2.36. The lowest BCUT2D eigenvalue weighted by Crippen LogP contribution is -2.48. The van der Waals surface area contributed by atoms with E-state index in [1.165, 1.54) is 0 Å². The van der Waals surface area contributed by atoms with Gasteiger partial charge in [0.05, 0.1) is 0 Å². The maximum atomic E-state index is 12.0. The highest BCUT2D eigenvalue weighted by Crippen LogP contribution is 2.31. The first-order chi connectivity index (χ1) is 4.50. The smallest absolute Gasteiger partial charge is 0.335 e. The van der Waals surface area contributed by atoms with Crippen molar-refractivity contribution in [3.8, 4) is 0 Å². The van der Waals surface area contributed by atoms with Crippen LogP contribution >= 0.6 is 0 Å². The van der Waals surface area contributed by atoms with E-state index in [-0.39, 0.29) is 0 Å². The first-order valence-electron chi connectivity index (χ1n) is 2.57. The summed E-state index contributed by atoms with van der Waals surface area (Å²) in [5, 5.41) is 8.01. The van der Waals surface area contributed by atoms with Crippen molar-refractivity contribution in [2.75, 3.05) is 0 Å². The lowest BCUT2D eigenvalue weighted by Gasteiger charge is -2.25. The highest BCUT2D eigenvalue weighted by molar-refractivity contribution is 7.87. The molecule has 0 amide bonds. The number of hydrogen-bond donors (Lipinski definition) is 2. The molecule has 0 saturated heterocycles. The zero-order chi connectivity index (χ0) is 9.50. The average Bonchev–Trinajstić information content (AvgIpc) is 1.58. The number of aliphatic hydroxyl groups is 1. The molecule has 0 radical (unpaired) electrons. The minimum absolute atomic E-state index is 0.516. The Morgan fingerprint density at radius 3 is 1.55 bits per heavy atom. The summed E-state index contributed by atoms with van der Waals surface area (Å²) in [6.45, 7) is 1.03. The minimum Gasteiger partial charge on any atom is -0.335 e. The molecule has 0 aromatic heterocycles. The molecular formula is C4H8F2O4S. The van der Waals surface area contributed by atoms with Gasteiger partial charge in [-0.25, -0.2) is 0 Å². The monoisotopic (exact) mass is 190 g/mol. The molecule has 4 nitrogen and oxygen atoms in total. The van der Waals surface area contributed by atoms with Crippen LogP contribution < -0.4 is 0 Å². The van der Waals surface area contributed by atoms with Crippen LogP contribution in [0, 0.1) is 0 Å². The molecule has 0 bridgehead atoms. The van der Waals surface area contributed by atoms with E-state index >= 15 is 0 Å². The zero-order valence-corrected chi connectivity index (χ0v) is 6.69. The third kappa shape index (κ3) is 1.85. The van der Waals surface area contributed by atoms with Crippen LogP contribution in [0.15, 0.2) is 0 Å². The van der Waals surface area contributed by atoms with Crippen LogP contribution in [0.2, 0.25) is 0 Å². The van der Waals surface area contributed by atoms with Crippen LogP contribution in [0.3, 0.4) is 0 Å². The van der Waals surface area contributed by atoms with E-state index in [9.17, 15) is 17.2 Å². The summed E-state index contributed by atoms with van der Waals surface area (Å²) in [5.74, 6) is 0. The Bertz CT molecular complexity index is 237. The average molecular weight is 190 g/mol. The second-order valence-electron chi connectivity index (χ2n) is 2.53. The molecule has 0 aromatic rings. The maximum Gasteiger partial charge on any atom is 0.374 e. The minimum atomic E-state index is -4.96. The van der Waals surface area contributed by atoms with Gasteiger partial charge in [-0.05, 0) is 13.8 Å². The molecule has 0 aliphatic rings. The molecule has 7 heteroatoms. The fourth-order valence-corrected chi connectivity index (χ4v) is 0.466. The predicted molar refractivity (Wildman–Crippen MR) is 32.8 cm³/mol. The van der Waals surface area contributed by atoms with E-state index in [1.807, 2.05) is 0 Å². The van der Waals surface area contributed by atoms with Gasteiger partial charge in [-0.2, -0.15) is 17.2 Å². The van der Waals surface area contributed by atoms with Crippen molar-refractivity contribution in [2.24, 2.45) is 0 Å². The van der Waals surface area contributed by atoms with Crippen LogP contribution in [-0.4, -0.2) is 28.9 Å². The van der Waals surface area contributed by atoms with Gasteiger partial charge in [-0.15, -0.1) is 0 Å². The Labute approximate surface area is 62.6 Å². The normalized spacial score (nSPS) is 15.1. The van der Waals surface area contributed by atoms with Gasteiger partial charge < -0.3 is 5.11 Å². The first-order valence-corrected chi connectivity index (χ1v) is 4.01. The molecule has 2 N–H and O–H groups in total. The number of halogens is 2. The maximum absolute atomic E-state index is 12.0. The van der Waals surface area contributed by atoms with E-state index in [4.69, 9.17) is 9.66 Å². The summed E-state index contributed by atoms with van der Waals surface area (Å²) in [6.07, 6.45) is -4.46. The van der Waals surface area contributed by atoms with E-state index in [2.05, 4.69) is 0 Å². The van der Waals surface area contributed by atoms with E-state index < -0.39 is 21.0 Å². The van der Waals surface area contributed by atoms with Crippen molar-refractivity contribution in [2.45, 2.75) is 24.7 Å². The Morgan fingerprint density at radius 1 is 1.27 bits per heavy atom. The summed E-state index contributed by atoms with van der Waals surface area (Å²) in [4.78, 5) is 0. The fourth-order valence-electron chi connectivity index (χ4n) is 0.155. The molecule has 0 atom stereocenters. The zero-order valence-electron chi connectivity index (χ0n) is 5.88. The van der Waals surface area contributed by atoms with Crippen LogP contribution in [-0.2, 0) is 10.1 Å². The third-order valence-electron chi connectivity index (χ3n) is 1.37. The van der Waals surface area contributed by atoms with Crippen molar-refractivity contribution in [3.05, 3.63) is 0 Å². The Kier molecular flexibility index (Phi) is 2.30. The van der Waals surface area contributed by atoms with Crippen LogP contribution in [0.4, 0.5) is 8.78 Å². The van der Waals surface area contributed by atoms with Crippen molar-refractivity contribution in [1.82, 2.24) is 0 Å². The molecule has 0 spiro atoms. The van der Waals surface area contributed by atoms with Gasteiger partial charge in [0.2, 0.25) is 0 Å². The molecule has 0 heterocycles. The van der Waals surface area contributed by atoms with Gasteiger partial charge in [-0.3, -0.25) is 4.55 Å². The molecule has 0 saturated carbocycles. The summed E-state index contributed by atoms with van der Waals surface area (Å²) in [6, 6.07) is 0. The standard InChI is InChI=1S/C4H8F2O4S/c1-3(2,4(5,6)7)11(8,9)10/h7H,1-2H3,(H,8,9,10). The van der Waals surface area contributed by atoms with Crippen molar-refractivity contribution >= 4 is 10.1 Å². The summed E-state index contributed by atoms with van der Waals surface area (Å²) >= 11 is 0. The topological polar surface area (TPSA) is 74.6 Å². The molecule has 0 aromatic carbocycles. The second-order valence-corrected chi connectivity index (χ2v) is 4.50. The summed E-state index contributed by atoms with van der Waals surface area (Å²) in [5.41, 5.74) is 0. The molecule has 11 heavy (non-hydrogen) atoms. The Hall–Kier alpha value is -0.270. The van der Waals surface area contributed by atoms with E-state index in [1.54, 1.807) is 0 Å².